The maximum atomic E-state index is 3.74. The Labute approximate surface area is 56.6 Å². The van der Waals surface area contributed by atoms with Crippen molar-refractivity contribution in [3.05, 3.63) is 36.0 Å². The second kappa shape index (κ2) is 2.22. The zero-order valence-corrected chi connectivity index (χ0v) is 6.02. The molecular weight excluding hydrogens is 108 g/mol. The van der Waals surface area contributed by atoms with E-state index in [9.17, 15) is 0 Å². The third-order valence-electron chi connectivity index (χ3n) is 1.68. The van der Waals surface area contributed by atoms with Crippen LogP contribution in [0.4, 0.5) is 0 Å². The molecule has 0 aromatic heterocycles. The zero-order chi connectivity index (χ0) is 6.85. The van der Waals surface area contributed by atoms with Gasteiger partial charge in [0.1, 0.15) is 0 Å². The van der Waals surface area contributed by atoms with E-state index in [0.717, 1.165) is 0 Å². The van der Waals surface area contributed by atoms with Crippen LogP contribution in [0.15, 0.2) is 36.0 Å². The maximum Gasteiger partial charge on any atom is 0.0160 e. The van der Waals surface area contributed by atoms with Gasteiger partial charge in [0.15, 0.2) is 0 Å². The first-order valence-electron chi connectivity index (χ1n) is 3.23. The van der Waals surface area contributed by atoms with Crippen LogP contribution >= 0.6 is 0 Å². The topological polar surface area (TPSA) is 0 Å². The highest BCUT2D eigenvalue weighted by atomic mass is 14.1. The first-order valence-corrected chi connectivity index (χ1v) is 3.23. The summed E-state index contributed by atoms with van der Waals surface area (Å²) in [6, 6.07) is 0. The van der Waals surface area contributed by atoms with Gasteiger partial charge in [-0.3, -0.25) is 0 Å². The molecule has 0 spiro atoms. The summed E-state index contributed by atoms with van der Waals surface area (Å²) in [5.74, 6) is 0.505. The SMILES string of the molecule is C=CC1C=C(C)C=C1C. The smallest absolute Gasteiger partial charge is 0.0160 e. The minimum Gasteiger partial charge on any atom is -0.102 e. The van der Waals surface area contributed by atoms with E-state index >= 15 is 0 Å². The molecule has 0 aromatic carbocycles. The van der Waals surface area contributed by atoms with Crippen molar-refractivity contribution in [1.29, 1.82) is 0 Å². The Morgan fingerprint density at radius 2 is 2.22 bits per heavy atom. The predicted molar refractivity (Wildman–Crippen MR) is 41.2 cm³/mol. The van der Waals surface area contributed by atoms with Gasteiger partial charge in [-0.25, -0.2) is 0 Å². The normalized spacial score (nSPS) is 25.3. The minimum atomic E-state index is 0.505. The fourth-order valence-electron chi connectivity index (χ4n) is 1.17. The summed E-state index contributed by atoms with van der Waals surface area (Å²) in [6.07, 6.45) is 6.40. The third-order valence-corrected chi connectivity index (χ3v) is 1.68. The lowest BCUT2D eigenvalue weighted by molar-refractivity contribution is 0.994. The highest BCUT2D eigenvalue weighted by molar-refractivity contribution is 5.35. The second-order valence-electron chi connectivity index (χ2n) is 2.56. The lowest BCUT2D eigenvalue weighted by Crippen LogP contribution is -1.86. The van der Waals surface area contributed by atoms with Crippen molar-refractivity contribution in [2.24, 2.45) is 5.92 Å². The van der Waals surface area contributed by atoms with Crippen LogP contribution in [0.25, 0.3) is 0 Å². The van der Waals surface area contributed by atoms with E-state index in [1.54, 1.807) is 0 Å². The van der Waals surface area contributed by atoms with Gasteiger partial charge in [-0.15, -0.1) is 6.58 Å². The van der Waals surface area contributed by atoms with Gasteiger partial charge in [-0.1, -0.05) is 29.4 Å². The second-order valence-corrected chi connectivity index (χ2v) is 2.56. The summed E-state index contributed by atoms with van der Waals surface area (Å²) in [5, 5.41) is 0. The molecule has 48 valence electrons. The molecule has 0 nitrogen and oxygen atoms in total. The first-order chi connectivity index (χ1) is 4.24. The molecule has 0 heterocycles. The minimum absolute atomic E-state index is 0.505. The standard InChI is InChI=1S/C9H12/c1-4-9-6-7(2)5-8(9)3/h4-6,9H,1H2,2-3H3. The molecule has 1 unspecified atom stereocenters. The summed E-state index contributed by atoms with van der Waals surface area (Å²) in [6.45, 7) is 8.00. The monoisotopic (exact) mass is 120 g/mol. The van der Waals surface area contributed by atoms with Crippen LogP contribution in [0.1, 0.15) is 13.8 Å². The summed E-state index contributed by atoms with van der Waals surface area (Å²) in [7, 11) is 0. The Morgan fingerprint density at radius 3 is 2.44 bits per heavy atom. The Hall–Kier alpha value is -0.780. The first kappa shape index (κ1) is 6.34. The molecule has 1 aliphatic carbocycles. The number of rotatable bonds is 1. The van der Waals surface area contributed by atoms with Crippen LogP contribution in [-0.4, -0.2) is 0 Å². The average Bonchev–Trinajstić information content (AvgIpc) is 2.10. The van der Waals surface area contributed by atoms with Crippen LogP contribution in [0, 0.1) is 5.92 Å². The summed E-state index contributed by atoms with van der Waals surface area (Å²) in [5.41, 5.74) is 2.76. The molecular formula is C9H12. The van der Waals surface area contributed by atoms with Gasteiger partial charge in [0.2, 0.25) is 0 Å². The Bertz CT molecular complexity index is 182. The van der Waals surface area contributed by atoms with Gasteiger partial charge in [-0.2, -0.15) is 0 Å². The quantitative estimate of drug-likeness (QED) is 0.467. The summed E-state index contributed by atoms with van der Waals surface area (Å²) >= 11 is 0. The number of hydrogen-bond donors (Lipinski definition) is 0. The van der Waals surface area contributed by atoms with Crippen LogP contribution in [-0.2, 0) is 0 Å². The molecule has 0 aliphatic heterocycles. The number of allylic oxidation sites excluding steroid dienone is 5. The molecule has 0 aromatic rings. The molecule has 0 bridgehead atoms. The van der Waals surface area contributed by atoms with E-state index < -0.39 is 0 Å². The molecule has 1 atom stereocenters. The highest BCUT2D eigenvalue weighted by Crippen LogP contribution is 2.23. The fourth-order valence-corrected chi connectivity index (χ4v) is 1.17. The Kier molecular flexibility index (Phi) is 1.56. The van der Waals surface area contributed by atoms with Gasteiger partial charge < -0.3 is 0 Å². The van der Waals surface area contributed by atoms with E-state index in [1.807, 2.05) is 6.08 Å². The molecule has 0 heteroatoms. The van der Waals surface area contributed by atoms with Crippen molar-refractivity contribution < 1.29 is 0 Å². The molecule has 0 amide bonds. The van der Waals surface area contributed by atoms with Crippen LogP contribution in [0.2, 0.25) is 0 Å². The van der Waals surface area contributed by atoms with E-state index in [4.69, 9.17) is 0 Å². The van der Waals surface area contributed by atoms with E-state index in [2.05, 4.69) is 32.6 Å². The van der Waals surface area contributed by atoms with E-state index in [0.29, 0.717) is 5.92 Å². The van der Waals surface area contributed by atoms with E-state index in [-0.39, 0.29) is 0 Å². The number of hydrogen-bond acceptors (Lipinski definition) is 0. The largest absolute Gasteiger partial charge is 0.102 e. The van der Waals surface area contributed by atoms with Gasteiger partial charge in [0.05, 0.1) is 0 Å². The van der Waals surface area contributed by atoms with Gasteiger partial charge in [-0.05, 0) is 13.8 Å². The van der Waals surface area contributed by atoms with Crippen molar-refractivity contribution >= 4 is 0 Å². The molecule has 1 aliphatic rings. The molecule has 0 radical (unpaired) electrons. The van der Waals surface area contributed by atoms with Crippen molar-refractivity contribution in [2.45, 2.75) is 13.8 Å². The zero-order valence-electron chi connectivity index (χ0n) is 6.02. The fraction of sp³-hybridized carbons (Fsp3) is 0.333. The van der Waals surface area contributed by atoms with Gasteiger partial charge in [0.25, 0.3) is 0 Å². The molecule has 0 saturated heterocycles. The van der Waals surface area contributed by atoms with Gasteiger partial charge >= 0.3 is 0 Å². The third kappa shape index (κ3) is 1.13. The summed E-state index contributed by atoms with van der Waals surface area (Å²) in [4.78, 5) is 0. The van der Waals surface area contributed by atoms with Crippen molar-refractivity contribution in [3.8, 4) is 0 Å². The molecule has 0 saturated carbocycles. The van der Waals surface area contributed by atoms with Crippen molar-refractivity contribution in [3.63, 3.8) is 0 Å². The van der Waals surface area contributed by atoms with Crippen LogP contribution in [0.5, 0.6) is 0 Å². The van der Waals surface area contributed by atoms with Crippen LogP contribution in [0.3, 0.4) is 0 Å². The average molecular weight is 120 g/mol. The lowest BCUT2D eigenvalue weighted by Gasteiger charge is -1.99. The molecule has 1 rings (SSSR count). The lowest BCUT2D eigenvalue weighted by atomic mass is 10.1. The highest BCUT2D eigenvalue weighted by Gasteiger charge is 2.07. The summed E-state index contributed by atoms with van der Waals surface area (Å²) < 4.78 is 0. The Morgan fingerprint density at radius 1 is 1.56 bits per heavy atom. The molecule has 0 fully saturated rings. The van der Waals surface area contributed by atoms with Crippen LogP contribution < -0.4 is 0 Å². The van der Waals surface area contributed by atoms with E-state index in [1.165, 1.54) is 11.1 Å². The Balaban J connectivity index is 2.81. The van der Waals surface area contributed by atoms with Crippen molar-refractivity contribution in [2.75, 3.05) is 0 Å². The molecule has 9 heavy (non-hydrogen) atoms. The maximum absolute atomic E-state index is 3.74. The van der Waals surface area contributed by atoms with Crippen molar-refractivity contribution in [1.82, 2.24) is 0 Å². The molecule has 0 N–H and O–H groups in total. The predicted octanol–water partition coefficient (Wildman–Crippen LogP) is 2.69. The van der Waals surface area contributed by atoms with Gasteiger partial charge in [0, 0.05) is 5.92 Å².